The van der Waals surface area contributed by atoms with E-state index in [0.29, 0.717) is 16.6 Å². The molecule has 2 aromatic carbocycles. The first-order chi connectivity index (χ1) is 10.1. The Bertz CT molecular complexity index is 670. The number of hydrogen-bond donors (Lipinski definition) is 1. The van der Waals surface area contributed by atoms with Gasteiger partial charge in [0.05, 0.1) is 0 Å². The molecule has 0 bridgehead atoms. The molecule has 5 heteroatoms. The van der Waals surface area contributed by atoms with Crippen LogP contribution in [0.5, 0.6) is 0 Å². The van der Waals surface area contributed by atoms with Gasteiger partial charge >= 0.3 is 6.03 Å². The molecule has 3 rings (SSSR count). The Balaban J connectivity index is 1.81. The van der Waals surface area contributed by atoms with E-state index in [2.05, 4.69) is 5.32 Å². The zero-order valence-corrected chi connectivity index (χ0v) is 12.8. The number of benzene rings is 2. The highest BCUT2D eigenvalue weighted by molar-refractivity contribution is 6.31. The van der Waals surface area contributed by atoms with Crippen LogP contribution in [0.2, 0.25) is 10.0 Å². The summed E-state index contributed by atoms with van der Waals surface area (Å²) in [5.41, 5.74) is 2.77. The summed E-state index contributed by atoms with van der Waals surface area (Å²) < 4.78 is 0. The van der Waals surface area contributed by atoms with E-state index < -0.39 is 0 Å². The maximum Gasteiger partial charge on any atom is 0.326 e. The Morgan fingerprint density at radius 3 is 2.52 bits per heavy atom. The Morgan fingerprint density at radius 1 is 1.05 bits per heavy atom. The van der Waals surface area contributed by atoms with Gasteiger partial charge in [0.25, 0.3) is 0 Å². The van der Waals surface area contributed by atoms with Crippen LogP contribution in [0.3, 0.4) is 0 Å². The van der Waals surface area contributed by atoms with E-state index in [1.54, 1.807) is 29.2 Å². The second-order valence-electron chi connectivity index (χ2n) is 4.97. The summed E-state index contributed by atoms with van der Waals surface area (Å²) in [6, 6.07) is 12.6. The molecule has 0 aliphatic carbocycles. The number of halogens is 2. The quantitative estimate of drug-likeness (QED) is 0.789. The molecular formula is C16H14Cl2N2O. The molecule has 1 aliphatic heterocycles. The number of anilines is 2. The molecule has 0 atom stereocenters. The third kappa shape index (κ3) is 3.14. The largest absolute Gasteiger partial charge is 0.326 e. The molecule has 0 spiro atoms. The minimum absolute atomic E-state index is 0.138. The van der Waals surface area contributed by atoms with E-state index in [9.17, 15) is 4.79 Å². The highest BCUT2D eigenvalue weighted by atomic mass is 35.5. The van der Waals surface area contributed by atoms with Gasteiger partial charge in [-0.05, 0) is 60.9 Å². The van der Waals surface area contributed by atoms with Crippen molar-refractivity contribution in [2.75, 3.05) is 16.8 Å². The highest BCUT2D eigenvalue weighted by Crippen LogP contribution is 2.30. The van der Waals surface area contributed by atoms with Crippen LogP contribution in [-0.4, -0.2) is 12.6 Å². The molecule has 108 valence electrons. The third-order valence-electron chi connectivity index (χ3n) is 3.50. The number of urea groups is 1. The third-order valence-corrected chi connectivity index (χ3v) is 3.99. The zero-order chi connectivity index (χ0) is 14.8. The van der Waals surface area contributed by atoms with Gasteiger partial charge < -0.3 is 5.32 Å². The van der Waals surface area contributed by atoms with Gasteiger partial charge in [-0.1, -0.05) is 23.2 Å². The first kappa shape index (κ1) is 14.2. The normalized spacial score (nSPS) is 13.7. The summed E-state index contributed by atoms with van der Waals surface area (Å²) >= 11 is 11.9. The summed E-state index contributed by atoms with van der Waals surface area (Å²) in [4.78, 5) is 14.2. The molecule has 0 saturated heterocycles. The molecule has 1 N–H and O–H groups in total. The van der Waals surface area contributed by atoms with Gasteiger partial charge in [0.15, 0.2) is 0 Å². The van der Waals surface area contributed by atoms with Crippen LogP contribution in [0.25, 0.3) is 0 Å². The fourth-order valence-electron chi connectivity index (χ4n) is 2.50. The standard InChI is InChI=1S/C16H14Cl2N2O/c17-12-3-6-14(7-4-12)19-16(21)20-9-1-2-11-10-13(18)5-8-15(11)20/h3-8,10H,1-2,9H2,(H,19,21). The van der Waals surface area contributed by atoms with E-state index in [1.807, 2.05) is 18.2 Å². The van der Waals surface area contributed by atoms with Crippen molar-refractivity contribution >= 4 is 40.6 Å². The molecule has 0 saturated carbocycles. The van der Waals surface area contributed by atoms with Crippen molar-refractivity contribution in [3.63, 3.8) is 0 Å². The number of nitrogens with zero attached hydrogens (tertiary/aromatic N) is 1. The van der Waals surface area contributed by atoms with Crippen molar-refractivity contribution in [3.8, 4) is 0 Å². The Kier molecular flexibility index (Phi) is 4.04. The molecule has 2 amide bonds. The lowest BCUT2D eigenvalue weighted by Gasteiger charge is -2.29. The van der Waals surface area contributed by atoms with Crippen molar-refractivity contribution in [3.05, 3.63) is 58.1 Å². The van der Waals surface area contributed by atoms with E-state index in [1.165, 1.54) is 0 Å². The Labute approximate surface area is 133 Å². The monoisotopic (exact) mass is 320 g/mol. The van der Waals surface area contributed by atoms with E-state index in [-0.39, 0.29) is 6.03 Å². The van der Waals surface area contributed by atoms with E-state index in [4.69, 9.17) is 23.2 Å². The summed E-state index contributed by atoms with van der Waals surface area (Å²) in [7, 11) is 0. The molecule has 1 aliphatic rings. The second-order valence-corrected chi connectivity index (χ2v) is 5.84. The average Bonchev–Trinajstić information content (AvgIpc) is 2.48. The smallest absolute Gasteiger partial charge is 0.308 e. The van der Waals surface area contributed by atoms with Gasteiger partial charge in [0.2, 0.25) is 0 Å². The number of amides is 2. The molecule has 21 heavy (non-hydrogen) atoms. The van der Waals surface area contributed by atoms with Crippen molar-refractivity contribution in [1.29, 1.82) is 0 Å². The summed E-state index contributed by atoms with van der Waals surface area (Å²) in [5, 5.41) is 4.24. The van der Waals surface area contributed by atoms with Crippen LogP contribution < -0.4 is 10.2 Å². The minimum Gasteiger partial charge on any atom is -0.308 e. The first-order valence-electron chi connectivity index (χ1n) is 6.76. The molecule has 2 aromatic rings. The number of nitrogens with one attached hydrogen (secondary N) is 1. The average molecular weight is 321 g/mol. The van der Waals surface area contributed by atoms with Gasteiger partial charge in [0, 0.05) is 28.0 Å². The molecule has 0 fully saturated rings. The fourth-order valence-corrected chi connectivity index (χ4v) is 2.82. The Morgan fingerprint density at radius 2 is 1.76 bits per heavy atom. The van der Waals surface area contributed by atoms with Crippen molar-refractivity contribution in [1.82, 2.24) is 0 Å². The topological polar surface area (TPSA) is 32.3 Å². The fraction of sp³-hybridized carbons (Fsp3) is 0.188. The van der Waals surface area contributed by atoms with E-state index in [0.717, 1.165) is 29.8 Å². The maximum atomic E-state index is 12.4. The molecule has 1 heterocycles. The maximum absolute atomic E-state index is 12.4. The van der Waals surface area contributed by atoms with Gasteiger partial charge in [-0.25, -0.2) is 4.79 Å². The summed E-state index contributed by atoms with van der Waals surface area (Å²) in [6.45, 7) is 0.702. The summed E-state index contributed by atoms with van der Waals surface area (Å²) in [5.74, 6) is 0. The zero-order valence-electron chi connectivity index (χ0n) is 11.3. The number of hydrogen-bond acceptors (Lipinski definition) is 1. The van der Waals surface area contributed by atoms with Crippen LogP contribution in [0, 0.1) is 0 Å². The van der Waals surface area contributed by atoms with Gasteiger partial charge in [-0.15, -0.1) is 0 Å². The van der Waals surface area contributed by atoms with Crippen molar-refractivity contribution in [2.45, 2.75) is 12.8 Å². The molecule has 0 unspecified atom stereocenters. The summed E-state index contributed by atoms with van der Waals surface area (Å²) in [6.07, 6.45) is 1.88. The lowest BCUT2D eigenvalue weighted by Crippen LogP contribution is -2.38. The lowest BCUT2D eigenvalue weighted by molar-refractivity contribution is 0.256. The Hall–Kier alpha value is -1.71. The van der Waals surface area contributed by atoms with Gasteiger partial charge in [0.1, 0.15) is 0 Å². The number of rotatable bonds is 1. The highest BCUT2D eigenvalue weighted by Gasteiger charge is 2.22. The first-order valence-corrected chi connectivity index (χ1v) is 7.51. The predicted molar refractivity (Wildman–Crippen MR) is 87.6 cm³/mol. The lowest BCUT2D eigenvalue weighted by atomic mass is 10.0. The van der Waals surface area contributed by atoms with Crippen molar-refractivity contribution < 1.29 is 4.79 Å². The predicted octanol–water partition coefficient (Wildman–Crippen LogP) is 4.98. The van der Waals surface area contributed by atoms with Crippen molar-refractivity contribution in [2.24, 2.45) is 0 Å². The van der Waals surface area contributed by atoms with Crippen LogP contribution in [0.1, 0.15) is 12.0 Å². The minimum atomic E-state index is -0.138. The van der Waals surface area contributed by atoms with Gasteiger partial charge in [-0.3, -0.25) is 4.90 Å². The molecule has 0 radical (unpaired) electrons. The van der Waals surface area contributed by atoms with Crippen LogP contribution >= 0.6 is 23.2 Å². The SMILES string of the molecule is O=C(Nc1ccc(Cl)cc1)N1CCCc2cc(Cl)ccc21. The number of carbonyl (C=O) groups is 1. The van der Waals surface area contributed by atoms with Crippen LogP contribution in [-0.2, 0) is 6.42 Å². The van der Waals surface area contributed by atoms with E-state index >= 15 is 0 Å². The molecule has 3 nitrogen and oxygen atoms in total. The van der Waals surface area contributed by atoms with Crippen LogP contribution in [0.4, 0.5) is 16.2 Å². The molecule has 0 aromatic heterocycles. The second kappa shape index (κ2) is 5.96. The number of carbonyl (C=O) groups excluding carboxylic acids is 1. The number of aryl methyl sites for hydroxylation is 1. The number of fused-ring (bicyclic) bond motifs is 1. The molecular weight excluding hydrogens is 307 g/mol. The van der Waals surface area contributed by atoms with Crippen LogP contribution in [0.15, 0.2) is 42.5 Å². The van der Waals surface area contributed by atoms with Gasteiger partial charge in [-0.2, -0.15) is 0 Å².